The predicted octanol–water partition coefficient (Wildman–Crippen LogP) is 5.20. The number of imidazole rings is 1. The molecule has 2 rings (SSSR count). The zero-order valence-corrected chi connectivity index (χ0v) is 13.8. The third-order valence-corrected chi connectivity index (χ3v) is 3.75. The Balaban J connectivity index is 2.81. The molecule has 0 radical (unpaired) electrons. The number of hydrogen-bond acceptors (Lipinski definition) is 4. The number of nitro benzene ring substituents is 1. The summed E-state index contributed by atoms with van der Waals surface area (Å²) in [6.07, 6.45) is -9.17. The molecule has 0 amide bonds. The number of fused-ring (bicyclic) bond motifs is 1. The van der Waals surface area contributed by atoms with Crippen LogP contribution in [0.5, 0.6) is 0 Å². The van der Waals surface area contributed by atoms with Crippen LogP contribution in [0.15, 0.2) is 12.1 Å². The summed E-state index contributed by atoms with van der Waals surface area (Å²) in [7, 11) is 0. The molecule has 0 N–H and O–H groups in total. The molecule has 2 aromatic rings. The summed E-state index contributed by atoms with van der Waals surface area (Å²) in [5.41, 5.74) is -4.63. The first kappa shape index (κ1) is 20.6. The Morgan fingerprint density at radius 2 is 1.78 bits per heavy atom. The van der Waals surface area contributed by atoms with E-state index in [2.05, 4.69) is 4.98 Å². The summed E-state index contributed by atoms with van der Waals surface area (Å²) < 4.78 is 78.6. The number of hydrogen-bond donors (Lipinski definition) is 0. The lowest BCUT2D eigenvalue weighted by molar-refractivity contribution is -0.383. The van der Waals surface area contributed by atoms with Gasteiger partial charge in [0.2, 0.25) is 11.7 Å². The Hall–Kier alpha value is -2.66. The third kappa shape index (κ3) is 4.19. The number of unbranched alkanes of at least 4 members (excludes halogenated alkanes) is 2. The van der Waals surface area contributed by atoms with Gasteiger partial charge in [0.15, 0.2) is 5.52 Å². The van der Waals surface area contributed by atoms with Crippen molar-refractivity contribution >= 4 is 22.6 Å². The number of alkyl halides is 6. The second kappa shape index (κ2) is 7.16. The van der Waals surface area contributed by atoms with Crippen molar-refractivity contribution in [2.45, 2.75) is 45.0 Å². The third-order valence-electron chi connectivity index (χ3n) is 3.75. The molecule has 27 heavy (non-hydrogen) atoms. The highest BCUT2D eigenvalue weighted by Gasteiger charge is 2.42. The number of carbonyl (C=O) groups excluding carboxylic acids is 1. The highest BCUT2D eigenvalue weighted by atomic mass is 19.4. The highest BCUT2D eigenvalue weighted by molar-refractivity contribution is 5.96. The first-order valence-electron chi connectivity index (χ1n) is 7.76. The van der Waals surface area contributed by atoms with Gasteiger partial charge in [-0.1, -0.05) is 19.8 Å². The minimum atomic E-state index is -5.19. The molecule has 1 heterocycles. The maximum absolute atomic E-state index is 13.3. The molecule has 1 aromatic heterocycles. The van der Waals surface area contributed by atoms with Crippen molar-refractivity contribution in [2.75, 3.05) is 0 Å². The lowest BCUT2D eigenvalue weighted by Gasteiger charge is -2.11. The van der Waals surface area contributed by atoms with Crippen molar-refractivity contribution < 1.29 is 36.1 Å². The van der Waals surface area contributed by atoms with E-state index in [4.69, 9.17) is 0 Å². The number of nitrogens with zero attached hydrogens (tertiary/aromatic N) is 3. The summed E-state index contributed by atoms with van der Waals surface area (Å²) >= 11 is 0. The van der Waals surface area contributed by atoms with E-state index in [9.17, 15) is 41.3 Å². The zero-order chi connectivity index (χ0) is 20.6. The van der Waals surface area contributed by atoms with Gasteiger partial charge in [0, 0.05) is 12.5 Å². The summed E-state index contributed by atoms with van der Waals surface area (Å²) in [5.74, 6) is -2.91. The van der Waals surface area contributed by atoms with Crippen molar-refractivity contribution in [1.82, 2.24) is 9.55 Å². The Morgan fingerprint density at radius 1 is 1.15 bits per heavy atom. The number of carbonyl (C=O) groups is 1. The van der Waals surface area contributed by atoms with Gasteiger partial charge in [-0.25, -0.2) is 4.98 Å². The van der Waals surface area contributed by atoms with Gasteiger partial charge in [-0.2, -0.15) is 26.3 Å². The van der Waals surface area contributed by atoms with Crippen molar-refractivity contribution in [3.8, 4) is 0 Å². The monoisotopic (exact) mass is 397 g/mol. The average molecular weight is 397 g/mol. The Kier molecular flexibility index (Phi) is 5.47. The number of non-ortho nitro benzene ring substituents is 1. The van der Waals surface area contributed by atoms with Crippen LogP contribution in [0.25, 0.3) is 11.0 Å². The smallest absolute Gasteiger partial charge is 0.274 e. The van der Waals surface area contributed by atoms with Crippen LogP contribution in [0.3, 0.4) is 0 Å². The van der Waals surface area contributed by atoms with E-state index in [1.807, 2.05) is 0 Å². The van der Waals surface area contributed by atoms with Crippen molar-refractivity contribution in [3.63, 3.8) is 0 Å². The second-order valence-corrected chi connectivity index (χ2v) is 5.74. The minimum absolute atomic E-state index is 0.00325. The largest absolute Gasteiger partial charge is 0.450 e. The summed E-state index contributed by atoms with van der Waals surface area (Å²) in [5, 5.41) is 11.2. The fourth-order valence-corrected chi connectivity index (χ4v) is 2.56. The van der Waals surface area contributed by atoms with Gasteiger partial charge in [-0.15, -0.1) is 0 Å². The van der Waals surface area contributed by atoms with Gasteiger partial charge < -0.3 is 0 Å². The number of benzene rings is 1. The molecular formula is C15H13F6N3O3. The molecule has 148 valence electrons. The van der Waals surface area contributed by atoms with Crippen molar-refractivity contribution in [2.24, 2.45) is 0 Å². The van der Waals surface area contributed by atoms with Crippen LogP contribution in [0.2, 0.25) is 0 Å². The minimum Gasteiger partial charge on any atom is -0.274 e. The number of halogens is 6. The van der Waals surface area contributed by atoms with Gasteiger partial charge in [-0.05, 0) is 12.5 Å². The molecule has 0 aliphatic heterocycles. The molecule has 0 bridgehead atoms. The number of nitro groups is 1. The first-order chi connectivity index (χ1) is 12.4. The molecule has 12 heteroatoms. The van der Waals surface area contributed by atoms with Crippen LogP contribution in [-0.2, 0) is 12.4 Å². The fourth-order valence-electron chi connectivity index (χ4n) is 2.56. The molecule has 0 aliphatic rings. The second-order valence-electron chi connectivity index (χ2n) is 5.74. The molecule has 0 unspecified atom stereocenters. The average Bonchev–Trinajstić information content (AvgIpc) is 2.92. The van der Waals surface area contributed by atoms with Gasteiger partial charge in [0.05, 0.1) is 16.0 Å². The molecule has 0 fully saturated rings. The molecule has 0 saturated carbocycles. The van der Waals surface area contributed by atoms with E-state index in [1.54, 1.807) is 6.92 Å². The van der Waals surface area contributed by atoms with E-state index >= 15 is 0 Å². The van der Waals surface area contributed by atoms with Crippen LogP contribution >= 0.6 is 0 Å². The lowest BCUT2D eigenvalue weighted by Crippen LogP contribution is -2.21. The van der Waals surface area contributed by atoms with Crippen molar-refractivity contribution in [1.29, 1.82) is 0 Å². The van der Waals surface area contributed by atoms with Crippen LogP contribution in [-0.4, -0.2) is 20.4 Å². The summed E-state index contributed by atoms with van der Waals surface area (Å²) in [6, 6.07) is 0.355. The standard InChI is InChI=1S/C15H13F6N3O3/c1-2-3-4-5-11(25)23-12-9(22-13(23)15(19,20)21)6-8(14(16,17)18)7-10(12)24(26)27/h6-7H,2-5H2,1H3. The van der Waals surface area contributed by atoms with Crippen LogP contribution < -0.4 is 0 Å². The molecule has 6 nitrogen and oxygen atoms in total. The quantitative estimate of drug-likeness (QED) is 0.301. The van der Waals surface area contributed by atoms with Crippen molar-refractivity contribution in [3.05, 3.63) is 33.6 Å². The lowest BCUT2D eigenvalue weighted by atomic mass is 10.1. The Labute approximate surface area is 147 Å². The van der Waals surface area contributed by atoms with E-state index in [-0.39, 0.29) is 29.5 Å². The van der Waals surface area contributed by atoms with Crippen LogP contribution in [0.1, 0.15) is 48.8 Å². The van der Waals surface area contributed by atoms with E-state index in [0.717, 1.165) is 0 Å². The Bertz CT molecular complexity index is 886. The normalized spacial score (nSPS) is 12.6. The predicted molar refractivity (Wildman–Crippen MR) is 81.2 cm³/mol. The van der Waals surface area contributed by atoms with E-state index in [0.29, 0.717) is 12.8 Å². The first-order valence-corrected chi connectivity index (χ1v) is 7.76. The fraction of sp³-hybridized carbons (Fsp3) is 0.467. The summed E-state index contributed by atoms with van der Waals surface area (Å²) in [4.78, 5) is 25.3. The maximum atomic E-state index is 13.3. The SMILES string of the molecule is CCCCCC(=O)n1c(C(F)(F)F)nc2cc(C(F)(F)F)cc([N+](=O)[O-])c21. The topological polar surface area (TPSA) is 78.0 Å². The Morgan fingerprint density at radius 3 is 2.26 bits per heavy atom. The highest BCUT2D eigenvalue weighted by Crippen LogP contribution is 2.39. The summed E-state index contributed by atoms with van der Waals surface area (Å²) in [6.45, 7) is 1.79. The van der Waals surface area contributed by atoms with Gasteiger partial charge >= 0.3 is 12.4 Å². The number of aromatic nitrogens is 2. The van der Waals surface area contributed by atoms with E-state index in [1.165, 1.54) is 0 Å². The molecule has 0 atom stereocenters. The van der Waals surface area contributed by atoms with Gasteiger partial charge in [-0.3, -0.25) is 19.5 Å². The van der Waals surface area contributed by atoms with Gasteiger partial charge in [0.1, 0.15) is 0 Å². The molecule has 0 spiro atoms. The van der Waals surface area contributed by atoms with Gasteiger partial charge in [0.25, 0.3) is 5.69 Å². The zero-order valence-electron chi connectivity index (χ0n) is 13.8. The molecular weight excluding hydrogens is 384 g/mol. The van der Waals surface area contributed by atoms with Crippen LogP contribution in [0.4, 0.5) is 32.0 Å². The molecule has 0 saturated heterocycles. The van der Waals surface area contributed by atoms with E-state index < -0.39 is 51.3 Å². The molecule has 0 aliphatic carbocycles. The maximum Gasteiger partial charge on any atom is 0.450 e. The number of rotatable bonds is 5. The van der Waals surface area contributed by atoms with Crippen LogP contribution in [0, 0.1) is 10.1 Å². The molecule has 1 aromatic carbocycles.